The third-order valence-electron chi connectivity index (χ3n) is 3.42. The van der Waals surface area contributed by atoms with E-state index in [1.165, 1.54) is 6.07 Å². The summed E-state index contributed by atoms with van der Waals surface area (Å²) in [5.41, 5.74) is 6.18. The summed E-state index contributed by atoms with van der Waals surface area (Å²) in [6.07, 6.45) is -4.49. The molecule has 1 aromatic carbocycles. The van der Waals surface area contributed by atoms with E-state index in [4.69, 9.17) is 5.73 Å². The van der Waals surface area contributed by atoms with Crippen LogP contribution in [0.2, 0.25) is 0 Å². The lowest BCUT2D eigenvalue weighted by atomic mass is 10.1. The molecule has 1 amide bonds. The molecule has 126 valence electrons. The van der Waals surface area contributed by atoms with Crippen LogP contribution in [0.5, 0.6) is 0 Å². The van der Waals surface area contributed by atoms with Crippen molar-refractivity contribution in [2.45, 2.75) is 19.6 Å². The number of hydrogen-bond donors (Lipinski definition) is 2. The monoisotopic (exact) mass is 347 g/mol. The number of rotatable bonds is 3. The van der Waals surface area contributed by atoms with Gasteiger partial charge in [0.05, 0.1) is 5.56 Å². The fourth-order valence-corrected chi connectivity index (χ4v) is 2.08. The molecule has 0 aliphatic rings. The molecule has 0 unspecified atom stereocenters. The molecule has 23 heavy (non-hydrogen) atoms. The van der Waals surface area contributed by atoms with Gasteiger partial charge in [-0.3, -0.25) is 4.79 Å². The minimum absolute atomic E-state index is 0. The molecule has 0 aliphatic heterocycles. The highest BCUT2D eigenvalue weighted by Crippen LogP contribution is 2.32. The second kappa shape index (κ2) is 7.06. The Bertz CT molecular complexity index is 710. The summed E-state index contributed by atoms with van der Waals surface area (Å²) in [7, 11) is 1.71. The van der Waals surface area contributed by atoms with Crippen LogP contribution in [0.3, 0.4) is 0 Å². The van der Waals surface area contributed by atoms with Crippen LogP contribution in [0.15, 0.2) is 30.3 Å². The second-order valence-electron chi connectivity index (χ2n) is 4.99. The van der Waals surface area contributed by atoms with Crippen molar-refractivity contribution in [1.29, 1.82) is 0 Å². The summed E-state index contributed by atoms with van der Waals surface area (Å²) in [6, 6.07) is 6.67. The van der Waals surface area contributed by atoms with Crippen molar-refractivity contribution in [3.63, 3.8) is 0 Å². The van der Waals surface area contributed by atoms with E-state index in [9.17, 15) is 18.0 Å². The molecule has 1 heterocycles. The number of halogens is 4. The van der Waals surface area contributed by atoms with Gasteiger partial charge in [0.25, 0.3) is 5.91 Å². The summed E-state index contributed by atoms with van der Waals surface area (Å²) in [5, 5.41) is 2.48. The molecule has 8 heteroatoms. The largest absolute Gasteiger partial charge is 0.416 e. The zero-order valence-corrected chi connectivity index (χ0v) is 13.4. The predicted molar refractivity (Wildman–Crippen MR) is 84.7 cm³/mol. The van der Waals surface area contributed by atoms with Crippen molar-refractivity contribution < 1.29 is 18.0 Å². The highest BCUT2D eigenvalue weighted by Gasteiger charge is 2.31. The number of nitrogens with one attached hydrogen (secondary N) is 1. The smallest absolute Gasteiger partial charge is 0.344 e. The van der Waals surface area contributed by atoms with Gasteiger partial charge in [-0.15, -0.1) is 12.4 Å². The van der Waals surface area contributed by atoms with Crippen molar-refractivity contribution in [3.05, 3.63) is 52.8 Å². The number of aromatic nitrogens is 1. The Morgan fingerprint density at radius 3 is 2.39 bits per heavy atom. The molecule has 1 aromatic heterocycles. The zero-order valence-electron chi connectivity index (χ0n) is 12.6. The number of amides is 1. The summed E-state index contributed by atoms with van der Waals surface area (Å²) in [6.45, 7) is 1.78. The number of hydrogen-bond acceptors (Lipinski definition) is 2. The summed E-state index contributed by atoms with van der Waals surface area (Å²) < 4.78 is 40.2. The lowest BCUT2D eigenvalue weighted by Crippen LogP contribution is -2.17. The SMILES string of the molecule is Cc1ccc(C(=O)Nc2cc(CN)cc(C(F)(F)F)c2)n1C.Cl. The Labute approximate surface area is 137 Å². The van der Waals surface area contributed by atoms with Crippen LogP contribution < -0.4 is 11.1 Å². The van der Waals surface area contributed by atoms with E-state index in [0.29, 0.717) is 11.3 Å². The van der Waals surface area contributed by atoms with Gasteiger partial charge in [0.2, 0.25) is 0 Å². The molecule has 0 fully saturated rings. The fourth-order valence-electron chi connectivity index (χ4n) is 2.08. The standard InChI is InChI=1S/C15H16F3N3O.ClH/c1-9-3-4-13(21(9)2)14(22)20-12-6-10(8-19)5-11(7-12)15(16,17)18;/h3-7H,8,19H2,1-2H3,(H,20,22);1H. The van der Waals surface area contributed by atoms with Gasteiger partial charge < -0.3 is 15.6 Å². The van der Waals surface area contributed by atoms with E-state index >= 15 is 0 Å². The first-order valence-corrected chi connectivity index (χ1v) is 6.57. The Morgan fingerprint density at radius 1 is 1.26 bits per heavy atom. The van der Waals surface area contributed by atoms with Crippen LogP contribution in [0, 0.1) is 6.92 Å². The van der Waals surface area contributed by atoms with Crippen molar-refractivity contribution in [3.8, 4) is 0 Å². The number of nitrogens with zero attached hydrogens (tertiary/aromatic N) is 1. The van der Waals surface area contributed by atoms with E-state index in [2.05, 4.69) is 5.32 Å². The van der Waals surface area contributed by atoms with E-state index in [0.717, 1.165) is 17.8 Å². The average Bonchev–Trinajstić information content (AvgIpc) is 2.77. The number of anilines is 1. The predicted octanol–water partition coefficient (Wildman–Crippen LogP) is 3.49. The van der Waals surface area contributed by atoms with Gasteiger partial charge in [-0.1, -0.05) is 0 Å². The van der Waals surface area contributed by atoms with Gasteiger partial charge in [-0.05, 0) is 42.8 Å². The first kappa shape index (κ1) is 19.1. The maximum absolute atomic E-state index is 12.9. The third-order valence-corrected chi connectivity index (χ3v) is 3.42. The van der Waals surface area contributed by atoms with E-state index in [1.807, 2.05) is 6.92 Å². The summed E-state index contributed by atoms with van der Waals surface area (Å²) >= 11 is 0. The number of benzene rings is 1. The van der Waals surface area contributed by atoms with Crippen LogP contribution in [-0.4, -0.2) is 10.5 Å². The van der Waals surface area contributed by atoms with Gasteiger partial charge in [-0.2, -0.15) is 13.2 Å². The number of aryl methyl sites for hydroxylation is 1. The molecule has 0 spiro atoms. The maximum atomic E-state index is 12.9. The molecule has 0 bridgehead atoms. The molecule has 3 N–H and O–H groups in total. The van der Waals surface area contributed by atoms with Crippen LogP contribution in [0.1, 0.15) is 27.3 Å². The zero-order chi connectivity index (χ0) is 16.5. The molecule has 0 saturated carbocycles. The van der Waals surface area contributed by atoms with Gasteiger partial charge in [0, 0.05) is 25.0 Å². The van der Waals surface area contributed by atoms with E-state index in [1.54, 1.807) is 23.7 Å². The minimum Gasteiger partial charge on any atom is -0.344 e. The number of carbonyl (C=O) groups excluding carboxylic acids is 1. The van der Waals surface area contributed by atoms with Gasteiger partial charge in [0.15, 0.2) is 0 Å². The van der Waals surface area contributed by atoms with Crippen molar-refractivity contribution >= 4 is 24.0 Å². The fraction of sp³-hybridized carbons (Fsp3) is 0.267. The lowest BCUT2D eigenvalue weighted by molar-refractivity contribution is -0.137. The number of nitrogens with two attached hydrogens (primary N) is 1. The minimum atomic E-state index is -4.49. The average molecular weight is 348 g/mol. The first-order valence-electron chi connectivity index (χ1n) is 6.57. The lowest BCUT2D eigenvalue weighted by Gasteiger charge is -2.13. The van der Waals surface area contributed by atoms with Gasteiger partial charge in [0.1, 0.15) is 5.69 Å². The molecule has 0 saturated heterocycles. The Morgan fingerprint density at radius 2 is 1.91 bits per heavy atom. The first-order chi connectivity index (χ1) is 10.2. The normalized spacial score (nSPS) is 11.0. The van der Waals surface area contributed by atoms with E-state index in [-0.39, 0.29) is 24.6 Å². The Balaban J connectivity index is 0.00000264. The van der Waals surface area contributed by atoms with Crippen molar-refractivity contribution in [1.82, 2.24) is 4.57 Å². The van der Waals surface area contributed by atoms with Crippen LogP contribution >= 0.6 is 12.4 Å². The maximum Gasteiger partial charge on any atom is 0.416 e. The molecular weight excluding hydrogens is 331 g/mol. The van der Waals surface area contributed by atoms with Crippen molar-refractivity contribution in [2.24, 2.45) is 12.8 Å². The molecular formula is C15H17ClF3N3O. The van der Waals surface area contributed by atoms with Crippen LogP contribution in [0.4, 0.5) is 18.9 Å². The number of carbonyl (C=O) groups is 1. The Kier molecular flexibility index (Phi) is 5.85. The molecule has 4 nitrogen and oxygen atoms in total. The quantitative estimate of drug-likeness (QED) is 0.893. The summed E-state index contributed by atoms with van der Waals surface area (Å²) in [5.74, 6) is -0.474. The third kappa shape index (κ3) is 4.27. The summed E-state index contributed by atoms with van der Waals surface area (Å²) in [4.78, 5) is 12.2. The van der Waals surface area contributed by atoms with Gasteiger partial charge >= 0.3 is 6.18 Å². The topological polar surface area (TPSA) is 60.1 Å². The van der Waals surface area contributed by atoms with Crippen molar-refractivity contribution in [2.75, 3.05) is 5.32 Å². The van der Waals surface area contributed by atoms with Crippen LogP contribution in [0.25, 0.3) is 0 Å². The highest BCUT2D eigenvalue weighted by atomic mass is 35.5. The molecule has 0 aliphatic carbocycles. The Hall–Kier alpha value is -1.99. The second-order valence-corrected chi connectivity index (χ2v) is 4.99. The molecule has 0 radical (unpaired) electrons. The molecule has 2 rings (SSSR count). The number of alkyl halides is 3. The van der Waals surface area contributed by atoms with Crippen LogP contribution in [-0.2, 0) is 19.8 Å². The molecule has 2 aromatic rings. The van der Waals surface area contributed by atoms with E-state index < -0.39 is 17.6 Å². The highest BCUT2D eigenvalue weighted by molar-refractivity contribution is 6.03. The molecule has 0 atom stereocenters. The van der Waals surface area contributed by atoms with Gasteiger partial charge in [-0.25, -0.2) is 0 Å².